The minimum Gasteiger partial charge on any atom is -0.496 e. The Morgan fingerprint density at radius 1 is 1.27 bits per heavy atom. The normalized spacial score (nSPS) is 10.9. The van der Waals surface area contributed by atoms with Gasteiger partial charge in [0.1, 0.15) is 5.75 Å². The Hall–Kier alpha value is -1.28. The van der Waals surface area contributed by atoms with Gasteiger partial charge in [0.15, 0.2) is 0 Å². The molecule has 0 aliphatic heterocycles. The molecule has 1 rings (SSSR count). The predicted molar refractivity (Wildman–Crippen MR) is 65.2 cm³/mol. The molecule has 0 atom stereocenters. The lowest BCUT2D eigenvalue weighted by Gasteiger charge is -2.08. The van der Waals surface area contributed by atoms with Gasteiger partial charge in [-0.3, -0.25) is 0 Å². The Balaban J connectivity index is 2.95. The van der Waals surface area contributed by atoms with Crippen molar-refractivity contribution in [2.24, 2.45) is 5.73 Å². The van der Waals surface area contributed by atoms with Crippen molar-refractivity contribution in [2.75, 3.05) is 13.7 Å². The van der Waals surface area contributed by atoms with Crippen LogP contribution in [0.4, 0.5) is 0 Å². The standard InChI is InChI=1S/C13H19NO/c1-10-9-13(15-3)11(2)8-12(10)6-4-5-7-14/h4,6,8-9H,5,7,14H2,1-3H3/b6-4+. The summed E-state index contributed by atoms with van der Waals surface area (Å²) < 4.78 is 5.26. The van der Waals surface area contributed by atoms with E-state index in [-0.39, 0.29) is 0 Å². The summed E-state index contributed by atoms with van der Waals surface area (Å²) >= 11 is 0. The van der Waals surface area contributed by atoms with Gasteiger partial charge in [0, 0.05) is 0 Å². The fourth-order valence-corrected chi connectivity index (χ4v) is 1.52. The van der Waals surface area contributed by atoms with Crippen molar-refractivity contribution in [1.29, 1.82) is 0 Å². The lowest BCUT2D eigenvalue weighted by atomic mass is 10.0. The van der Waals surface area contributed by atoms with Crippen LogP contribution in [0, 0.1) is 13.8 Å². The van der Waals surface area contributed by atoms with Gasteiger partial charge in [-0.15, -0.1) is 0 Å². The highest BCUT2D eigenvalue weighted by atomic mass is 16.5. The van der Waals surface area contributed by atoms with E-state index < -0.39 is 0 Å². The number of hydrogen-bond donors (Lipinski definition) is 1. The molecule has 0 aromatic heterocycles. The van der Waals surface area contributed by atoms with Crippen molar-refractivity contribution >= 4 is 6.08 Å². The first-order chi connectivity index (χ1) is 7.19. The van der Waals surface area contributed by atoms with Crippen LogP contribution in [0.25, 0.3) is 6.08 Å². The van der Waals surface area contributed by atoms with Crippen molar-refractivity contribution in [2.45, 2.75) is 20.3 Å². The summed E-state index contributed by atoms with van der Waals surface area (Å²) in [5.74, 6) is 0.948. The molecule has 0 saturated heterocycles. The Labute approximate surface area is 91.7 Å². The van der Waals surface area contributed by atoms with Crippen LogP contribution < -0.4 is 10.5 Å². The fourth-order valence-electron chi connectivity index (χ4n) is 1.52. The average molecular weight is 205 g/mol. The second-order valence-corrected chi connectivity index (χ2v) is 3.66. The summed E-state index contributed by atoms with van der Waals surface area (Å²) in [5, 5.41) is 0. The van der Waals surface area contributed by atoms with Crippen molar-refractivity contribution < 1.29 is 4.74 Å². The van der Waals surface area contributed by atoms with Crippen LogP contribution in [0.15, 0.2) is 18.2 Å². The highest BCUT2D eigenvalue weighted by Crippen LogP contribution is 2.23. The topological polar surface area (TPSA) is 35.2 Å². The third-order valence-electron chi connectivity index (χ3n) is 2.41. The average Bonchev–Trinajstić information content (AvgIpc) is 2.23. The fraction of sp³-hybridized carbons (Fsp3) is 0.385. The molecular weight excluding hydrogens is 186 g/mol. The third-order valence-corrected chi connectivity index (χ3v) is 2.41. The summed E-state index contributed by atoms with van der Waals surface area (Å²) in [5.41, 5.74) is 9.06. The van der Waals surface area contributed by atoms with Crippen LogP contribution in [0.1, 0.15) is 23.1 Å². The van der Waals surface area contributed by atoms with Crippen molar-refractivity contribution in [3.05, 3.63) is 34.9 Å². The molecule has 2 heteroatoms. The van der Waals surface area contributed by atoms with E-state index in [0.717, 1.165) is 17.7 Å². The van der Waals surface area contributed by atoms with E-state index in [1.165, 1.54) is 11.1 Å². The molecule has 0 fully saturated rings. The minimum atomic E-state index is 0.699. The van der Waals surface area contributed by atoms with Gasteiger partial charge >= 0.3 is 0 Å². The molecule has 0 bridgehead atoms. The van der Waals surface area contributed by atoms with E-state index in [9.17, 15) is 0 Å². The van der Waals surface area contributed by atoms with Crippen LogP contribution in [-0.4, -0.2) is 13.7 Å². The van der Waals surface area contributed by atoms with Gasteiger partial charge in [-0.25, -0.2) is 0 Å². The summed E-state index contributed by atoms with van der Waals surface area (Å²) in [4.78, 5) is 0. The molecule has 0 aliphatic carbocycles. The smallest absolute Gasteiger partial charge is 0.122 e. The first-order valence-electron chi connectivity index (χ1n) is 5.21. The van der Waals surface area contributed by atoms with Gasteiger partial charge < -0.3 is 10.5 Å². The highest BCUT2D eigenvalue weighted by Gasteiger charge is 2.01. The van der Waals surface area contributed by atoms with E-state index in [1.807, 2.05) is 0 Å². The number of aryl methyl sites for hydroxylation is 2. The monoisotopic (exact) mass is 205 g/mol. The highest BCUT2D eigenvalue weighted by molar-refractivity contribution is 5.57. The largest absolute Gasteiger partial charge is 0.496 e. The maximum atomic E-state index is 5.44. The molecule has 0 amide bonds. The van der Waals surface area contributed by atoms with Crippen LogP contribution in [-0.2, 0) is 0 Å². The third kappa shape index (κ3) is 3.10. The van der Waals surface area contributed by atoms with E-state index in [0.29, 0.717) is 6.54 Å². The van der Waals surface area contributed by atoms with Gasteiger partial charge in [0.2, 0.25) is 0 Å². The number of benzene rings is 1. The maximum Gasteiger partial charge on any atom is 0.122 e. The van der Waals surface area contributed by atoms with Gasteiger partial charge in [-0.2, -0.15) is 0 Å². The molecule has 0 heterocycles. The molecule has 0 radical (unpaired) electrons. The lowest BCUT2D eigenvalue weighted by molar-refractivity contribution is 0.411. The van der Waals surface area contributed by atoms with Crippen molar-refractivity contribution in [3.8, 4) is 5.75 Å². The predicted octanol–water partition coefficient (Wildman–Crippen LogP) is 2.67. The SMILES string of the molecule is COc1cc(C)c(/C=C/CCN)cc1C. The van der Waals surface area contributed by atoms with Crippen LogP contribution in [0.3, 0.4) is 0 Å². The minimum absolute atomic E-state index is 0.699. The molecule has 0 spiro atoms. The van der Waals surface area contributed by atoms with Crippen molar-refractivity contribution in [1.82, 2.24) is 0 Å². The molecule has 1 aromatic rings. The molecular formula is C13H19NO. The molecule has 15 heavy (non-hydrogen) atoms. The Bertz CT molecular complexity index is 356. The number of hydrogen-bond acceptors (Lipinski definition) is 2. The first kappa shape index (κ1) is 11.8. The van der Waals surface area contributed by atoms with E-state index in [2.05, 4.69) is 38.1 Å². The Morgan fingerprint density at radius 3 is 2.60 bits per heavy atom. The molecule has 82 valence electrons. The first-order valence-corrected chi connectivity index (χ1v) is 5.21. The van der Waals surface area contributed by atoms with Crippen molar-refractivity contribution in [3.63, 3.8) is 0 Å². The zero-order chi connectivity index (χ0) is 11.3. The summed E-state index contributed by atoms with van der Waals surface area (Å²) in [6.07, 6.45) is 5.15. The van der Waals surface area contributed by atoms with E-state index in [1.54, 1.807) is 7.11 Å². The number of nitrogens with two attached hydrogens (primary N) is 1. The Kier molecular flexibility index (Phi) is 4.37. The van der Waals surface area contributed by atoms with Gasteiger partial charge in [-0.1, -0.05) is 12.2 Å². The molecule has 1 aromatic carbocycles. The van der Waals surface area contributed by atoms with Gasteiger partial charge in [0.05, 0.1) is 7.11 Å². The molecule has 2 N–H and O–H groups in total. The van der Waals surface area contributed by atoms with Crippen LogP contribution >= 0.6 is 0 Å². The second kappa shape index (κ2) is 5.56. The summed E-state index contributed by atoms with van der Waals surface area (Å²) in [6.45, 7) is 4.84. The van der Waals surface area contributed by atoms with Gasteiger partial charge in [0.25, 0.3) is 0 Å². The summed E-state index contributed by atoms with van der Waals surface area (Å²) in [7, 11) is 1.70. The van der Waals surface area contributed by atoms with E-state index >= 15 is 0 Å². The molecule has 0 unspecified atom stereocenters. The Morgan fingerprint density at radius 2 is 2.00 bits per heavy atom. The number of rotatable bonds is 4. The summed E-state index contributed by atoms with van der Waals surface area (Å²) in [6, 6.07) is 4.21. The van der Waals surface area contributed by atoms with Crippen LogP contribution in [0.5, 0.6) is 5.75 Å². The molecule has 2 nitrogen and oxygen atoms in total. The van der Waals surface area contributed by atoms with Crippen LogP contribution in [0.2, 0.25) is 0 Å². The number of methoxy groups -OCH3 is 1. The maximum absolute atomic E-state index is 5.44. The quantitative estimate of drug-likeness (QED) is 0.820. The lowest BCUT2D eigenvalue weighted by Crippen LogP contribution is -1.95. The second-order valence-electron chi connectivity index (χ2n) is 3.66. The molecule has 0 saturated carbocycles. The zero-order valence-corrected chi connectivity index (χ0v) is 9.71. The number of ether oxygens (including phenoxy) is 1. The molecule has 0 aliphatic rings. The zero-order valence-electron chi connectivity index (χ0n) is 9.71. The van der Waals surface area contributed by atoms with E-state index in [4.69, 9.17) is 10.5 Å². The van der Waals surface area contributed by atoms with Gasteiger partial charge in [-0.05, 0) is 55.6 Å².